The Morgan fingerprint density at radius 1 is 1.40 bits per heavy atom. The summed E-state index contributed by atoms with van der Waals surface area (Å²) < 4.78 is 10.0. The molecule has 1 rings (SSSR count). The van der Waals surface area contributed by atoms with E-state index in [-0.39, 0.29) is 12.2 Å². The van der Waals surface area contributed by atoms with Crippen molar-refractivity contribution in [1.82, 2.24) is 5.32 Å². The number of aliphatic hydroxyl groups is 1. The largest absolute Gasteiger partial charge is 0.463 e. The van der Waals surface area contributed by atoms with Gasteiger partial charge in [0, 0.05) is 0 Å². The minimum Gasteiger partial charge on any atom is -0.463 e. The van der Waals surface area contributed by atoms with Gasteiger partial charge in [0.05, 0.1) is 24.3 Å². The smallest absolute Gasteiger partial charge is 0.408 e. The summed E-state index contributed by atoms with van der Waals surface area (Å²) in [7, 11) is 0. The molecule has 1 aliphatic rings. The summed E-state index contributed by atoms with van der Waals surface area (Å²) in [6.07, 6.45) is 2.82. The zero-order valence-corrected chi connectivity index (χ0v) is 12.2. The molecule has 112 valence electrons. The molecular weight excluding hydrogens is 262 g/mol. The predicted octanol–water partition coefficient (Wildman–Crippen LogP) is 1.30. The Kier molecular flexibility index (Phi) is 5.33. The number of carbonyl (C=O) groups is 2. The number of amides is 1. The average Bonchev–Trinajstić information content (AvgIpc) is 2.29. The van der Waals surface area contributed by atoms with Crippen LogP contribution in [0.15, 0.2) is 23.8 Å². The molecule has 0 unspecified atom stereocenters. The maximum Gasteiger partial charge on any atom is 0.408 e. The van der Waals surface area contributed by atoms with Crippen molar-refractivity contribution in [3.63, 3.8) is 0 Å². The molecule has 0 aromatic heterocycles. The van der Waals surface area contributed by atoms with E-state index in [1.807, 2.05) is 0 Å². The van der Waals surface area contributed by atoms with Gasteiger partial charge in [-0.15, -0.1) is 0 Å². The van der Waals surface area contributed by atoms with Gasteiger partial charge in [-0.2, -0.15) is 0 Å². The van der Waals surface area contributed by atoms with Gasteiger partial charge in [-0.25, -0.2) is 9.59 Å². The molecule has 0 radical (unpaired) electrons. The second kappa shape index (κ2) is 6.56. The molecule has 6 nitrogen and oxygen atoms in total. The fourth-order valence-electron chi connectivity index (χ4n) is 1.68. The highest BCUT2D eigenvalue weighted by Gasteiger charge is 2.31. The normalized spacial score (nSPS) is 21.9. The molecule has 1 aliphatic carbocycles. The topological polar surface area (TPSA) is 84.9 Å². The molecule has 0 saturated heterocycles. The summed E-state index contributed by atoms with van der Waals surface area (Å²) in [4.78, 5) is 23.5. The van der Waals surface area contributed by atoms with Crippen molar-refractivity contribution < 1.29 is 24.2 Å². The lowest BCUT2D eigenvalue weighted by Crippen LogP contribution is -2.48. The summed E-state index contributed by atoms with van der Waals surface area (Å²) in [6, 6.07) is -0.881. The molecule has 0 fully saturated rings. The van der Waals surface area contributed by atoms with Crippen LogP contribution in [-0.2, 0) is 14.3 Å². The summed E-state index contributed by atoms with van der Waals surface area (Å²) in [6.45, 7) is 7.09. The second-order valence-electron chi connectivity index (χ2n) is 5.34. The molecule has 1 amide bonds. The lowest BCUT2D eigenvalue weighted by atomic mass is 9.96. The maximum absolute atomic E-state index is 11.8. The third-order valence-electron chi connectivity index (χ3n) is 2.44. The van der Waals surface area contributed by atoms with E-state index in [9.17, 15) is 14.7 Å². The molecular formula is C14H21NO5. The maximum atomic E-state index is 11.8. The summed E-state index contributed by atoms with van der Waals surface area (Å²) in [5, 5.41) is 12.4. The molecule has 0 bridgehead atoms. The summed E-state index contributed by atoms with van der Waals surface area (Å²) in [5.41, 5.74) is -0.472. The van der Waals surface area contributed by atoms with E-state index in [4.69, 9.17) is 9.47 Å². The zero-order valence-electron chi connectivity index (χ0n) is 12.2. The first kappa shape index (κ1) is 16.2. The van der Waals surface area contributed by atoms with Gasteiger partial charge in [-0.05, 0) is 33.8 Å². The molecule has 2 N–H and O–H groups in total. The number of hydrogen-bond acceptors (Lipinski definition) is 5. The van der Waals surface area contributed by atoms with Crippen LogP contribution in [0.4, 0.5) is 4.79 Å². The molecule has 0 heterocycles. The lowest BCUT2D eigenvalue weighted by Gasteiger charge is -2.27. The zero-order chi connectivity index (χ0) is 15.3. The van der Waals surface area contributed by atoms with Gasteiger partial charge in [0.25, 0.3) is 0 Å². The Balaban J connectivity index is 2.79. The van der Waals surface area contributed by atoms with Gasteiger partial charge >= 0.3 is 12.1 Å². The van der Waals surface area contributed by atoms with Crippen molar-refractivity contribution in [2.75, 3.05) is 6.61 Å². The van der Waals surface area contributed by atoms with Gasteiger partial charge < -0.3 is 19.9 Å². The van der Waals surface area contributed by atoms with Crippen LogP contribution in [0.25, 0.3) is 0 Å². The van der Waals surface area contributed by atoms with E-state index in [2.05, 4.69) is 5.32 Å². The number of hydrogen-bond donors (Lipinski definition) is 2. The third-order valence-corrected chi connectivity index (χ3v) is 2.44. The van der Waals surface area contributed by atoms with Crippen LogP contribution in [0.1, 0.15) is 27.7 Å². The number of carbonyl (C=O) groups excluding carboxylic acids is 2. The first-order valence-electron chi connectivity index (χ1n) is 6.47. The van der Waals surface area contributed by atoms with Gasteiger partial charge in [-0.3, -0.25) is 0 Å². The first-order valence-corrected chi connectivity index (χ1v) is 6.47. The van der Waals surface area contributed by atoms with Gasteiger partial charge in [-0.1, -0.05) is 12.2 Å². The number of alkyl carbamates (subject to hydrolysis) is 1. The minimum atomic E-state index is -1.01. The standard InChI is InChI=1S/C14H21NO5/c1-5-19-12(17)9-7-6-8-10(16)11(9)15-13(18)20-14(2,3)4/h6-8,10-11,16H,5H2,1-4H3,(H,15,18)/t10-,11-/m0/s1. The predicted molar refractivity (Wildman–Crippen MR) is 73.0 cm³/mol. The van der Waals surface area contributed by atoms with E-state index in [1.54, 1.807) is 33.8 Å². The van der Waals surface area contributed by atoms with Crippen LogP contribution in [-0.4, -0.2) is 41.5 Å². The molecule has 0 saturated carbocycles. The van der Waals surface area contributed by atoms with Crippen molar-refractivity contribution in [3.05, 3.63) is 23.8 Å². The number of nitrogens with one attached hydrogen (secondary N) is 1. The highest BCUT2D eigenvalue weighted by atomic mass is 16.6. The van der Waals surface area contributed by atoms with Crippen molar-refractivity contribution in [3.8, 4) is 0 Å². The Labute approximate surface area is 118 Å². The third kappa shape index (κ3) is 4.70. The monoisotopic (exact) mass is 283 g/mol. The van der Waals surface area contributed by atoms with Crippen molar-refractivity contribution >= 4 is 12.1 Å². The van der Waals surface area contributed by atoms with Crippen LogP contribution >= 0.6 is 0 Å². The lowest BCUT2D eigenvalue weighted by molar-refractivity contribution is -0.139. The SMILES string of the molecule is CCOC(=O)C1=CC=C[C@H](O)[C@H]1NC(=O)OC(C)(C)C. The molecule has 0 aromatic carbocycles. The van der Waals surface area contributed by atoms with Crippen LogP contribution in [0.3, 0.4) is 0 Å². The molecule has 0 spiro atoms. The van der Waals surface area contributed by atoms with E-state index < -0.39 is 29.8 Å². The van der Waals surface area contributed by atoms with Crippen LogP contribution < -0.4 is 5.32 Å². The average molecular weight is 283 g/mol. The van der Waals surface area contributed by atoms with Gasteiger partial charge in [0.1, 0.15) is 5.60 Å². The number of rotatable bonds is 3. The van der Waals surface area contributed by atoms with Crippen LogP contribution in [0, 0.1) is 0 Å². The highest BCUT2D eigenvalue weighted by molar-refractivity contribution is 5.91. The van der Waals surface area contributed by atoms with Crippen LogP contribution in [0.5, 0.6) is 0 Å². The number of ether oxygens (including phenoxy) is 2. The number of aliphatic hydroxyl groups excluding tert-OH is 1. The highest BCUT2D eigenvalue weighted by Crippen LogP contribution is 2.17. The first-order chi connectivity index (χ1) is 9.24. The Morgan fingerprint density at radius 2 is 2.05 bits per heavy atom. The number of esters is 1. The van der Waals surface area contributed by atoms with E-state index >= 15 is 0 Å². The quantitative estimate of drug-likeness (QED) is 0.763. The fraction of sp³-hybridized carbons (Fsp3) is 0.571. The molecule has 0 aliphatic heterocycles. The number of allylic oxidation sites excluding steroid dienone is 2. The van der Waals surface area contributed by atoms with Crippen molar-refractivity contribution in [2.45, 2.75) is 45.4 Å². The van der Waals surface area contributed by atoms with E-state index in [1.165, 1.54) is 12.2 Å². The molecule has 20 heavy (non-hydrogen) atoms. The van der Waals surface area contributed by atoms with Crippen molar-refractivity contribution in [1.29, 1.82) is 0 Å². The van der Waals surface area contributed by atoms with Crippen molar-refractivity contribution in [2.24, 2.45) is 0 Å². The van der Waals surface area contributed by atoms with E-state index in [0.29, 0.717) is 0 Å². The van der Waals surface area contributed by atoms with Crippen LogP contribution in [0.2, 0.25) is 0 Å². The van der Waals surface area contributed by atoms with E-state index in [0.717, 1.165) is 0 Å². The summed E-state index contributed by atoms with van der Waals surface area (Å²) in [5.74, 6) is -0.572. The van der Waals surface area contributed by atoms with Gasteiger partial charge in [0.15, 0.2) is 0 Å². The Morgan fingerprint density at radius 3 is 2.60 bits per heavy atom. The minimum absolute atomic E-state index is 0.188. The van der Waals surface area contributed by atoms with Gasteiger partial charge in [0.2, 0.25) is 0 Å². The fourth-order valence-corrected chi connectivity index (χ4v) is 1.68. The molecule has 2 atom stereocenters. The second-order valence-corrected chi connectivity index (χ2v) is 5.34. The molecule has 0 aromatic rings. The Hall–Kier alpha value is -1.82. The Bertz CT molecular complexity index is 433. The summed E-state index contributed by atoms with van der Waals surface area (Å²) >= 11 is 0. The molecule has 6 heteroatoms.